The Kier molecular flexibility index (Phi) is 8.08. The molecule has 0 bridgehead atoms. The van der Waals surface area contributed by atoms with E-state index in [9.17, 15) is 0 Å². The largest absolute Gasteiger partial charge is 1.00 e. The zero-order valence-electron chi connectivity index (χ0n) is 20.7. The third kappa shape index (κ3) is 4.37. The summed E-state index contributed by atoms with van der Waals surface area (Å²) < 4.78 is 4.98. The van der Waals surface area contributed by atoms with Gasteiger partial charge in [-0.3, -0.25) is 0 Å². The molecule has 1 aromatic rings. The van der Waals surface area contributed by atoms with Crippen LogP contribution in [0.3, 0.4) is 0 Å². The minimum atomic E-state index is -1.89. The number of allylic oxidation sites excluding steroid dienone is 10. The fourth-order valence-corrected chi connectivity index (χ4v) is 18.3. The van der Waals surface area contributed by atoms with Gasteiger partial charge in [0.05, 0.1) is 0 Å². The summed E-state index contributed by atoms with van der Waals surface area (Å²) in [6.45, 7) is 0. The maximum absolute atomic E-state index is 2.59. The fraction of sp³-hybridized carbons (Fsp3) is 0.469. The van der Waals surface area contributed by atoms with Gasteiger partial charge in [-0.1, -0.05) is 0 Å². The maximum Gasteiger partial charge on any atom is -1.00 e. The number of benzene rings is 1. The molecule has 6 aliphatic rings. The molecule has 0 amide bonds. The number of fused-ring (bicyclic) bond motifs is 6. The average Bonchev–Trinajstić information content (AvgIpc) is 3.53. The van der Waals surface area contributed by atoms with E-state index >= 15 is 0 Å². The second-order valence-corrected chi connectivity index (χ2v) is 18.2. The summed E-state index contributed by atoms with van der Waals surface area (Å²) in [7, 11) is 0. The molecule has 0 radical (unpaired) electrons. The molecule has 0 saturated heterocycles. The standard InChI is InChI=1S/C21H21.C6H10.C5H5.2ClH.Zr/c1-2-8-15-14(7-1)13-20-18-11-4-3-9-16(18)17-10-5-6-12-19(17)21(15)20;1-2-4-6-5-3-1;1-2-4-5-3-1;;;/h1-2,6-8,11-12,16-17H,3-5,9-10,13H2;1-5H2;1-3H,4H2;2*1H;/q;;;;;+2/p-2. The molecular formula is C32H36Cl2Zr. The van der Waals surface area contributed by atoms with Crippen molar-refractivity contribution >= 4 is 8.78 Å². The Balaban J connectivity index is 0.00000127. The predicted octanol–water partition coefficient (Wildman–Crippen LogP) is 2.47. The first-order valence-corrected chi connectivity index (χ1v) is 17.6. The van der Waals surface area contributed by atoms with E-state index in [1.165, 1.54) is 77.0 Å². The van der Waals surface area contributed by atoms with Crippen molar-refractivity contribution in [2.75, 3.05) is 0 Å². The molecule has 2 saturated carbocycles. The van der Waals surface area contributed by atoms with Gasteiger partial charge in [0.15, 0.2) is 0 Å². The van der Waals surface area contributed by atoms with Gasteiger partial charge < -0.3 is 24.8 Å². The minimum absolute atomic E-state index is 0. The zero-order chi connectivity index (χ0) is 21.8. The molecule has 1 aromatic carbocycles. The average molecular weight is 583 g/mol. The molecule has 0 aliphatic heterocycles. The smallest absolute Gasteiger partial charge is 1.00 e. The van der Waals surface area contributed by atoms with Crippen LogP contribution in [0.1, 0.15) is 81.8 Å². The molecule has 0 aromatic heterocycles. The minimum Gasteiger partial charge on any atom is -1.00 e. The fourth-order valence-electron chi connectivity index (χ4n) is 8.24. The Bertz CT molecular complexity index is 1180. The predicted molar refractivity (Wildman–Crippen MR) is 137 cm³/mol. The number of hydrogen-bond donors (Lipinski definition) is 0. The summed E-state index contributed by atoms with van der Waals surface area (Å²) >= 11 is -1.89. The second-order valence-electron chi connectivity index (χ2n) is 11.2. The summed E-state index contributed by atoms with van der Waals surface area (Å²) in [6.07, 6.45) is 29.4. The van der Waals surface area contributed by atoms with Gasteiger partial charge in [-0.25, -0.2) is 0 Å². The zero-order valence-corrected chi connectivity index (χ0v) is 24.6. The van der Waals surface area contributed by atoms with Crippen LogP contribution in [0.4, 0.5) is 0 Å². The first-order chi connectivity index (χ1) is 16.4. The van der Waals surface area contributed by atoms with Gasteiger partial charge in [0, 0.05) is 0 Å². The molecule has 2 fully saturated rings. The van der Waals surface area contributed by atoms with Crippen molar-refractivity contribution in [1.29, 1.82) is 0 Å². The quantitative estimate of drug-likeness (QED) is 0.503. The molecule has 35 heavy (non-hydrogen) atoms. The van der Waals surface area contributed by atoms with Gasteiger partial charge in [0.25, 0.3) is 0 Å². The molecule has 3 unspecified atom stereocenters. The van der Waals surface area contributed by atoms with Crippen LogP contribution in [0.25, 0.3) is 5.57 Å². The summed E-state index contributed by atoms with van der Waals surface area (Å²) in [5, 5.41) is 0. The van der Waals surface area contributed by atoms with Crippen molar-refractivity contribution in [3.05, 3.63) is 85.8 Å². The van der Waals surface area contributed by atoms with E-state index < -0.39 is 21.3 Å². The first-order valence-electron chi connectivity index (χ1n) is 13.7. The van der Waals surface area contributed by atoms with Gasteiger partial charge >= 0.3 is 208 Å². The van der Waals surface area contributed by atoms with Gasteiger partial charge in [-0.2, -0.15) is 0 Å². The molecule has 0 heterocycles. The van der Waals surface area contributed by atoms with E-state index in [1.807, 2.05) is 14.4 Å². The van der Waals surface area contributed by atoms with Crippen LogP contribution in [0.2, 0.25) is 3.63 Å². The van der Waals surface area contributed by atoms with Crippen LogP contribution in [-0.2, 0) is 27.7 Å². The van der Waals surface area contributed by atoms with Gasteiger partial charge in [-0.15, -0.1) is 0 Å². The van der Waals surface area contributed by atoms with Gasteiger partial charge in [0.1, 0.15) is 0 Å². The monoisotopic (exact) mass is 580 g/mol. The SMILES string of the molecule is C1=CC[C]([Zr+2](=[C]2CCCCC2)[CH]2CCCC3C2=C2Cc4ccccc4C2=C2C=CCCC23)=C1.[Cl-].[Cl-]. The number of rotatable bonds is 2. The summed E-state index contributed by atoms with van der Waals surface area (Å²) in [6, 6.07) is 9.40. The van der Waals surface area contributed by atoms with Crippen LogP contribution in [0.5, 0.6) is 0 Å². The Hall–Kier alpha value is -0.747. The topological polar surface area (TPSA) is 0 Å². The van der Waals surface area contributed by atoms with E-state index in [2.05, 4.69) is 57.9 Å². The Morgan fingerprint density at radius 2 is 1.69 bits per heavy atom. The summed E-state index contributed by atoms with van der Waals surface area (Å²) in [4.78, 5) is 0. The molecule has 6 aliphatic carbocycles. The molecule has 0 spiro atoms. The normalized spacial score (nSPS) is 28.1. The number of halogens is 2. The van der Waals surface area contributed by atoms with Crippen molar-refractivity contribution < 1.29 is 46.1 Å². The maximum atomic E-state index is 2.59. The molecular weight excluding hydrogens is 546 g/mol. The van der Waals surface area contributed by atoms with Crippen molar-refractivity contribution in [1.82, 2.24) is 0 Å². The Morgan fingerprint density at radius 1 is 0.829 bits per heavy atom. The van der Waals surface area contributed by atoms with E-state index in [-0.39, 0.29) is 24.8 Å². The van der Waals surface area contributed by atoms with Gasteiger partial charge in [0.2, 0.25) is 0 Å². The molecule has 3 atom stereocenters. The molecule has 3 heteroatoms. The molecule has 182 valence electrons. The third-order valence-electron chi connectivity index (χ3n) is 9.51. The van der Waals surface area contributed by atoms with Crippen LogP contribution in [-0.4, -0.2) is 3.21 Å². The molecule has 0 nitrogen and oxygen atoms in total. The van der Waals surface area contributed by atoms with Crippen molar-refractivity contribution in [3.63, 3.8) is 0 Å². The van der Waals surface area contributed by atoms with E-state index in [0.717, 1.165) is 15.5 Å². The van der Waals surface area contributed by atoms with Crippen LogP contribution in [0.15, 0.2) is 74.6 Å². The van der Waals surface area contributed by atoms with Crippen LogP contribution < -0.4 is 24.8 Å². The third-order valence-corrected chi connectivity index (χ3v) is 18.4. The Morgan fingerprint density at radius 3 is 2.51 bits per heavy atom. The van der Waals surface area contributed by atoms with Gasteiger partial charge in [-0.05, 0) is 0 Å². The van der Waals surface area contributed by atoms with Crippen molar-refractivity contribution in [2.24, 2.45) is 11.8 Å². The van der Waals surface area contributed by atoms with E-state index in [4.69, 9.17) is 0 Å². The van der Waals surface area contributed by atoms with E-state index in [0.29, 0.717) is 0 Å². The van der Waals surface area contributed by atoms with Crippen molar-refractivity contribution in [3.8, 4) is 0 Å². The Labute approximate surface area is 231 Å². The van der Waals surface area contributed by atoms with E-state index in [1.54, 1.807) is 22.3 Å². The van der Waals surface area contributed by atoms with Crippen LogP contribution in [0, 0.1) is 11.8 Å². The molecule has 0 N–H and O–H groups in total. The van der Waals surface area contributed by atoms with Crippen LogP contribution >= 0.6 is 0 Å². The first kappa shape index (κ1) is 25.9. The summed E-state index contributed by atoms with van der Waals surface area (Å²) in [5.74, 6) is 1.63. The molecule has 7 rings (SSSR count). The van der Waals surface area contributed by atoms with Crippen molar-refractivity contribution in [2.45, 2.75) is 80.7 Å². The summed E-state index contributed by atoms with van der Waals surface area (Å²) in [5.41, 5.74) is 10.4. The second kappa shape index (κ2) is 10.9. The number of hydrogen-bond acceptors (Lipinski definition) is 0.